The summed E-state index contributed by atoms with van der Waals surface area (Å²) in [7, 11) is 2.05. The molecule has 13 heavy (non-hydrogen) atoms. The molecular weight excluding hydrogens is 188 g/mol. The highest BCUT2D eigenvalue weighted by Gasteiger charge is 2.29. The number of nitrogens with zero attached hydrogens (tertiary/aromatic N) is 1. The van der Waals surface area contributed by atoms with Crippen molar-refractivity contribution < 1.29 is 22.1 Å². The lowest BCUT2D eigenvalue weighted by molar-refractivity contribution is -0.730. The molecule has 1 N–H and O–H groups in total. The fraction of sp³-hybridized carbons (Fsp3) is 0.286. The van der Waals surface area contributed by atoms with Gasteiger partial charge in [0.2, 0.25) is 0 Å². The number of rotatable bonds is 1. The van der Waals surface area contributed by atoms with E-state index in [1.165, 1.54) is 7.05 Å². The summed E-state index contributed by atoms with van der Waals surface area (Å²) in [5.74, 6) is -5.79. The Hall–Kier alpha value is -1.33. The van der Waals surface area contributed by atoms with E-state index in [4.69, 9.17) is 0 Å². The molecule has 6 heteroatoms. The van der Waals surface area contributed by atoms with Gasteiger partial charge in [-0.2, -0.15) is 8.78 Å². The van der Waals surface area contributed by atoms with Crippen molar-refractivity contribution in [3.63, 3.8) is 0 Å². The van der Waals surface area contributed by atoms with E-state index in [0.29, 0.717) is 0 Å². The van der Waals surface area contributed by atoms with Crippen LogP contribution in [0.25, 0.3) is 0 Å². The van der Waals surface area contributed by atoms with Crippen LogP contribution in [0.1, 0.15) is 0 Å². The molecule has 0 bridgehead atoms. The van der Waals surface area contributed by atoms with Gasteiger partial charge in [0.05, 0.1) is 0 Å². The van der Waals surface area contributed by atoms with E-state index in [2.05, 4.69) is 0 Å². The second kappa shape index (κ2) is 3.20. The highest BCUT2D eigenvalue weighted by atomic mass is 19.2. The maximum absolute atomic E-state index is 12.8. The minimum atomic E-state index is -1.46. The van der Waals surface area contributed by atoms with Crippen LogP contribution in [0.2, 0.25) is 0 Å². The van der Waals surface area contributed by atoms with Crippen LogP contribution in [0.4, 0.5) is 23.2 Å². The number of hydrogen-bond acceptors (Lipinski definition) is 1. The van der Waals surface area contributed by atoms with E-state index in [1.54, 1.807) is 0 Å². The van der Waals surface area contributed by atoms with Crippen LogP contribution in [-0.2, 0) is 7.05 Å². The van der Waals surface area contributed by atoms with Gasteiger partial charge in [0.1, 0.15) is 12.7 Å². The maximum Gasteiger partial charge on any atom is 0.400 e. The molecule has 0 aliphatic carbocycles. The third-order valence-corrected chi connectivity index (χ3v) is 1.64. The van der Waals surface area contributed by atoms with E-state index >= 15 is 0 Å². The number of pyridine rings is 1. The van der Waals surface area contributed by atoms with Crippen LogP contribution in [0.5, 0.6) is 0 Å². The normalized spacial score (nSPS) is 10.3. The highest BCUT2D eigenvalue weighted by Crippen LogP contribution is 2.19. The number of halogens is 4. The van der Waals surface area contributed by atoms with Crippen molar-refractivity contribution in [2.24, 2.45) is 7.05 Å². The van der Waals surface area contributed by atoms with Crippen LogP contribution in [-0.4, -0.2) is 7.05 Å². The summed E-state index contributed by atoms with van der Waals surface area (Å²) in [6, 6.07) is 0. The van der Waals surface area contributed by atoms with Crippen LogP contribution >= 0.6 is 0 Å². The Balaban J connectivity index is 3.56. The van der Waals surface area contributed by atoms with Crippen molar-refractivity contribution >= 4 is 5.69 Å². The summed E-state index contributed by atoms with van der Waals surface area (Å²) < 4.78 is 51.4. The highest BCUT2D eigenvalue weighted by molar-refractivity contribution is 5.43. The first-order valence-corrected chi connectivity index (χ1v) is 3.40. The van der Waals surface area contributed by atoms with E-state index in [0.717, 1.165) is 7.05 Å². The predicted molar refractivity (Wildman–Crippen MR) is 37.0 cm³/mol. The minimum Gasteiger partial charge on any atom is -0.383 e. The Labute approximate surface area is 71.8 Å². The number of anilines is 1. The van der Waals surface area contributed by atoms with Crippen LogP contribution < -0.4 is 9.88 Å². The number of hydrogen-bond donors (Lipinski definition) is 1. The standard InChI is InChI=1S/C7H6F4N2/c1-12-5-3(8)6(10)13(2)7(11)4(5)9/h1-2H3/p+1. The van der Waals surface area contributed by atoms with E-state index in [1.807, 2.05) is 5.32 Å². The summed E-state index contributed by atoms with van der Waals surface area (Å²) >= 11 is 0. The molecular formula is C7H7F4N2+. The number of aromatic nitrogens is 1. The third-order valence-electron chi connectivity index (χ3n) is 1.64. The second-order valence-electron chi connectivity index (χ2n) is 2.39. The molecule has 0 spiro atoms. The third kappa shape index (κ3) is 1.32. The average Bonchev–Trinajstić information content (AvgIpc) is 2.13. The van der Waals surface area contributed by atoms with Gasteiger partial charge < -0.3 is 5.32 Å². The monoisotopic (exact) mass is 195 g/mol. The Kier molecular flexibility index (Phi) is 2.40. The summed E-state index contributed by atoms with van der Waals surface area (Å²) in [5, 5.41) is 2.03. The van der Waals surface area contributed by atoms with Gasteiger partial charge in [-0.25, -0.2) is 0 Å². The SMILES string of the molecule is CNc1c(F)c(F)[n+](C)c(F)c1F. The first kappa shape index (κ1) is 9.76. The Morgan fingerprint density at radius 2 is 1.38 bits per heavy atom. The molecule has 2 nitrogen and oxygen atoms in total. The molecule has 0 aliphatic heterocycles. The molecule has 0 saturated heterocycles. The average molecular weight is 195 g/mol. The van der Waals surface area contributed by atoms with Gasteiger partial charge in [-0.1, -0.05) is 0 Å². The molecule has 1 aromatic rings. The smallest absolute Gasteiger partial charge is 0.383 e. The molecule has 1 rings (SSSR count). The van der Waals surface area contributed by atoms with Gasteiger partial charge >= 0.3 is 11.9 Å². The molecule has 0 aromatic carbocycles. The lowest BCUT2D eigenvalue weighted by atomic mass is 10.3. The van der Waals surface area contributed by atoms with Gasteiger partial charge in [-0.15, -0.1) is 13.3 Å². The van der Waals surface area contributed by atoms with Gasteiger partial charge in [0.15, 0.2) is 0 Å². The molecule has 1 heterocycles. The van der Waals surface area contributed by atoms with Gasteiger partial charge in [-0.3, -0.25) is 0 Å². The maximum atomic E-state index is 12.8. The van der Waals surface area contributed by atoms with Crippen LogP contribution in [0.3, 0.4) is 0 Å². The van der Waals surface area contributed by atoms with Crippen molar-refractivity contribution in [3.8, 4) is 0 Å². The fourth-order valence-electron chi connectivity index (χ4n) is 0.903. The van der Waals surface area contributed by atoms with Crippen molar-refractivity contribution in [2.75, 3.05) is 12.4 Å². The van der Waals surface area contributed by atoms with E-state index < -0.39 is 29.2 Å². The van der Waals surface area contributed by atoms with Crippen molar-refractivity contribution in [3.05, 3.63) is 23.5 Å². The summed E-state index contributed by atoms with van der Waals surface area (Å²) in [5.41, 5.74) is -0.812. The summed E-state index contributed by atoms with van der Waals surface area (Å²) in [4.78, 5) is 0. The molecule has 0 radical (unpaired) electrons. The summed E-state index contributed by atoms with van der Waals surface area (Å²) in [6.45, 7) is 0. The molecule has 0 unspecified atom stereocenters. The zero-order chi connectivity index (χ0) is 10.2. The van der Waals surface area contributed by atoms with Gasteiger partial charge in [-0.05, 0) is 0 Å². The molecule has 0 amide bonds. The second-order valence-corrected chi connectivity index (χ2v) is 2.39. The largest absolute Gasteiger partial charge is 0.400 e. The molecule has 0 saturated carbocycles. The Bertz CT molecular complexity index is 322. The molecule has 0 atom stereocenters. The van der Waals surface area contributed by atoms with Crippen LogP contribution in [0, 0.1) is 23.5 Å². The molecule has 1 aromatic heterocycles. The van der Waals surface area contributed by atoms with Crippen molar-refractivity contribution in [2.45, 2.75) is 0 Å². The zero-order valence-corrected chi connectivity index (χ0v) is 6.96. The van der Waals surface area contributed by atoms with Gasteiger partial charge in [0, 0.05) is 7.05 Å². The topological polar surface area (TPSA) is 15.9 Å². The Morgan fingerprint density at radius 1 is 1.00 bits per heavy atom. The lowest BCUT2D eigenvalue weighted by Crippen LogP contribution is -2.40. The fourth-order valence-corrected chi connectivity index (χ4v) is 0.903. The lowest BCUT2D eigenvalue weighted by Gasteiger charge is -2.02. The molecule has 72 valence electrons. The Morgan fingerprint density at radius 3 is 1.69 bits per heavy atom. The van der Waals surface area contributed by atoms with Crippen molar-refractivity contribution in [1.29, 1.82) is 0 Å². The summed E-state index contributed by atoms with van der Waals surface area (Å²) in [6.07, 6.45) is 0. The minimum absolute atomic E-state index is 0.158. The van der Waals surface area contributed by atoms with Gasteiger partial charge in [0.25, 0.3) is 11.6 Å². The van der Waals surface area contributed by atoms with E-state index in [9.17, 15) is 17.6 Å². The molecule has 0 fully saturated rings. The molecule has 0 aliphatic rings. The zero-order valence-electron chi connectivity index (χ0n) is 6.96. The predicted octanol–water partition coefficient (Wildman–Crippen LogP) is 1.11. The first-order chi connectivity index (χ1) is 6.00. The number of nitrogens with one attached hydrogen (secondary N) is 1. The van der Waals surface area contributed by atoms with E-state index in [-0.39, 0.29) is 4.57 Å². The van der Waals surface area contributed by atoms with Crippen LogP contribution in [0.15, 0.2) is 0 Å². The van der Waals surface area contributed by atoms with Crippen molar-refractivity contribution in [1.82, 2.24) is 0 Å². The quantitative estimate of drug-likeness (QED) is 0.403. The first-order valence-electron chi connectivity index (χ1n) is 3.40.